The molecule has 164 valence electrons. The van der Waals surface area contributed by atoms with Gasteiger partial charge in [0.15, 0.2) is 5.82 Å². The molecule has 1 N–H and O–H groups in total. The topological polar surface area (TPSA) is 59.5 Å². The number of nitrogens with zero attached hydrogens (tertiary/aromatic N) is 3. The normalized spacial score (nSPS) is 11.4. The fraction of sp³-hybridized carbons (Fsp3) is 0.273. The minimum Gasteiger partial charge on any atom is -0.497 e. The number of ether oxygens (including phenoxy) is 2. The predicted molar refractivity (Wildman–Crippen MR) is 114 cm³/mol. The third-order valence-electron chi connectivity index (χ3n) is 4.33. The van der Waals surface area contributed by atoms with Crippen LogP contribution in [0.15, 0.2) is 54.7 Å². The Morgan fingerprint density at radius 2 is 1.58 bits per heavy atom. The molecule has 31 heavy (non-hydrogen) atoms. The van der Waals surface area contributed by atoms with Gasteiger partial charge in [0.25, 0.3) is 0 Å². The van der Waals surface area contributed by atoms with Crippen molar-refractivity contribution in [1.29, 1.82) is 0 Å². The minimum atomic E-state index is -4.61. The number of halogens is 3. The number of rotatable bonds is 7. The summed E-state index contributed by atoms with van der Waals surface area (Å²) >= 11 is 0. The highest BCUT2D eigenvalue weighted by Gasteiger charge is 2.36. The lowest BCUT2D eigenvalue weighted by Crippen LogP contribution is -2.19. The molecule has 0 spiro atoms. The van der Waals surface area contributed by atoms with Crippen LogP contribution in [0.1, 0.15) is 19.4 Å². The predicted octanol–water partition coefficient (Wildman–Crippen LogP) is 5.80. The van der Waals surface area contributed by atoms with Gasteiger partial charge in [-0.3, -0.25) is 0 Å². The molecule has 0 aliphatic heterocycles. The lowest BCUT2D eigenvalue weighted by Gasteiger charge is -2.23. The van der Waals surface area contributed by atoms with Crippen LogP contribution in [0, 0.1) is 0 Å². The first-order valence-electron chi connectivity index (χ1n) is 9.53. The van der Waals surface area contributed by atoms with Crippen LogP contribution in [0.25, 0.3) is 0 Å². The molecule has 9 heteroatoms. The third kappa shape index (κ3) is 5.56. The second-order valence-electron chi connectivity index (χ2n) is 7.00. The number of benzene rings is 2. The molecule has 0 saturated heterocycles. The molecule has 0 fully saturated rings. The fourth-order valence-electron chi connectivity index (χ4n) is 2.83. The van der Waals surface area contributed by atoms with Crippen molar-refractivity contribution in [2.45, 2.75) is 26.1 Å². The lowest BCUT2D eigenvalue weighted by atomic mass is 10.2. The van der Waals surface area contributed by atoms with Gasteiger partial charge in [0, 0.05) is 24.6 Å². The monoisotopic (exact) mass is 432 g/mol. The number of hydrogen-bond donors (Lipinski definition) is 1. The molecule has 2 aromatic carbocycles. The van der Waals surface area contributed by atoms with Gasteiger partial charge >= 0.3 is 6.18 Å². The Labute approximate surface area is 178 Å². The van der Waals surface area contributed by atoms with E-state index in [4.69, 9.17) is 9.47 Å². The molecule has 1 aromatic heterocycles. The number of aromatic nitrogens is 2. The van der Waals surface area contributed by atoms with E-state index in [1.54, 1.807) is 48.5 Å². The van der Waals surface area contributed by atoms with E-state index in [0.29, 0.717) is 22.9 Å². The maximum Gasteiger partial charge on any atom is 0.421 e. The summed E-state index contributed by atoms with van der Waals surface area (Å²) in [5.74, 6) is 1.06. The average molecular weight is 432 g/mol. The Kier molecular flexibility index (Phi) is 6.53. The summed E-state index contributed by atoms with van der Waals surface area (Å²) in [6, 6.07) is 13.6. The molecule has 3 rings (SSSR count). The van der Waals surface area contributed by atoms with Crippen molar-refractivity contribution >= 4 is 23.1 Å². The van der Waals surface area contributed by atoms with Crippen LogP contribution in [0.4, 0.5) is 36.3 Å². The molecule has 0 atom stereocenters. The van der Waals surface area contributed by atoms with E-state index in [1.165, 1.54) is 19.1 Å². The largest absolute Gasteiger partial charge is 0.497 e. The molecule has 3 aromatic rings. The molecule has 0 amide bonds. The van der Waals surface area contributed by atoms with Gasteiger partial charge in [-0.1, -0.05) is 0 Å². The van der Waals surface area contributed by atoms with E-state index in [2.05, 4.69) is 15.3 Å². The van der Waals surface area contributed by atoms with Crippen molar-refractivity contribution in [2.24, 2.45) is 0 Å². The van der Waals surface area contributed by atoms with Crippen molar-refractivity contribution in [3.8, 4) is 11.5 Å². The van der Waals surface area contributed by atoms with E-state index < -0.39 is 11.7 Å². The number of hydrogen-bond acceptors (Lipinski definition) is 6. The number of methoxy groups -OCH3 is 1. The fourth-order valence-corrected chi connectivity index (χ4v) is 2.83. The smallest absolute Gasteiger partial charge is 0.421 e. The van der Waals surface area contributed by atoms with Crippen molar-refractivity contribution in [3.05, 3.63) is 60.3 Å². The summed E-state index contributed by atoms with van der Waals surface area (Å²) in [7, 11) is 3.03. The molecule has 0 saturated carbocycles. The highest BCUT2D eigenvalue weighted by Crippen LogP contribution is 2.38. The van der Waals surface area contributed by atoms with Gasteiger partial charge in [0.1, 0.15) is 17.1 Å². The standard InChI is InChI=1S/C22H23F3N4O2/c1-14(2)31-18-9-5-15(6-10-18)27-21-26-13-19(22(23,24)25)20(28-21)29(3)16-7-11-17(30-4)12-8-16/h5-14H,1-4H3,(H,26,27,28). The Balaban J connectivity index is 1.91. The first-order chi connectivity index (χ1) is 14.7. The minimum absolute atomic E-state index is 0.0353. The van der Waals surface area contributed by atoms with E-state index in [0.717, 1.165) is 6.20 Å². The highest BCUT2D eigenvalue weighted by atomic mass is 19.4. The number of nitrogens with one attached hydrogen (secondary N) is 1. The Bertz CT molecular complexity index is 1010. The third-order valence-corrected chi connectivity index (χ3v) is 4.33. The molecule has 6 nitrogen and oxygen atoms in total. The van der Waals surface area contributed by atoms with Crippen LogP contribution < -0.4 is 19.7 Å². The second kappa shape index (κ2) is 9.11. The quantitative estimate of drug-likeness (QED) is 0.509. The van der Waals surface area contributed by atoms with Crippen LogP contribution in [0.3, 0.4) is 0 Å². The zero-order chi connectivity index (χ0) is 22.6. The Morgan fingerprint density at radius 1 is 0.968 bits per heavy atom. The van der Waals surface area contributed by atoms with E-state index >= 15 is 0 Å². The zero-order valence-electron chi connectivity index (χ0n) is 17.6. The maximum atomic E-state index is 13.6. The SMILES string of the molecule is COc1ccc(N(C)c2nc(Nc3ccc(OC(C)C)cc3)ncc2C(F)(F)F)cc1. The molecule has 0 bridgehead atoms. The molecule has 0 radical (unpaired) electrons. The van der Waals surface area contributed by atoms with Crippen LogP contribution in [0.5, 0.6) is 11.5 Å². The summed E-state index contributed by atoms with van der Waals surface area (Å²) in [5.41, 5.74) is 0.206. The molecule has 0 aliphatic rings. The van der Waals surface area contributed by atoms with E-state index in [1.807, 2.05) is 13.8 Å². The highest BCUT2D eigenvalue weighted by molar-refractivity contribution is 5.65. The van der Waals surface area contributed by atoms with Crippen LogP contribution in [-0.4, -0.2) is 30.2 Å². The van der Waals surface area contributed by atoms with Crippen LogP contribution in [-0.2, 0) is 6.18 Å². The molecule has 0 unspecified atom stereocenters. The van der Waals surface area contributed by atoms with Gasteiger partial charge in [0.2, 0.25) is 5.95 Å². The number of alkyl halides is 3. The van der Waals surface area contributed by atoms with E-state index in [9.17, 15) is 13.2 Å². The first kappa shape index (κ1) is 22.2. The van der Waals surface area contributed by atoms with Gasteiger partial charge < -0.3 is 19.7 Å². The Hall–Kier alpha value is -3.49. The van der Waals surface area contributed by atoms with Crippen LogP contribution >= 0.6 is 0 Å². The second-order valence-corrected chi connectivity index (χ2v) is 7.00. The van der Waals surface area contributed by atoms with Gasteiger partial charge in [-0.05, 0) is 62.4 Å². The summed E-state index contributed by atoms with van der Waals surface area (Å²) in [4.78, 5) is 9.36. The van der Waals surface area contributed by atoms with Crippen molar-refractivity contribution in [3.63, 3.8) is 0 Å². The molecular formula is C22H23F3N4O2. The molecular weight excluding hydrogens is 409 g/mol. The van der Waals surface area contributed by atoms with Crippen molar-refractivity contribution in [1.82, 2.24) is 9.97 Å². The summed E-state index contributed by atoms with van der Waals surface area (Å²) < 4.78 is 51.5. The van der Waals surface area contributed by atoms with Crippen molar-refractivity contribution in [2.75, 3.05) is 24.4 Å². The van der Waals surface area contributed by atoms with E-state index in [-0.39, 0.29) is 17.9 Å². The number of anilines is 4. The van der Waals surface area contributed by atoms with Crippen molar-refractivity contribution < 1.29 is 22.6 Å². The molecule has 1 heterocycles. The van der Waals surface area contributed by atoms with Gasteiger partial charge in [-0.2, -0.15) is 18.2 Å². The summed E-state index contributed by atoms with van der Waals surface area (Å²) in [5, 5.41) is 2.94. The zero-order valence-corrected chi connectivity index (χ0v) is 17.6. The first-order valence-corrected chi connectivity index (χ1v) is 9.53. The maximum absolute atomic E-state index is 13.6. The van der Waals surface area contributed by atoms with Gasteiger partial charge in [-0.25, -0.2) is 4.98 Å². The Morgan fingerprint density at radius 3 is 2.13 bits per heavy atom. The van der Waals surface area contributed by atoms with Gasteiger partial charge in [-0.15, -0.1) is 0 Å². The van der Waals surface area contributed by atoms with Crippen LogP contribution in [0.2, 0.25) is 0 Å². The average Bonchev–Trinajstić information content (AvgIpc) is 2.73. The summed E-state index contributed by atoms with van der Waals surface area (Å²) in [6.07, 6.45) is -3.79. The van der Waals surface area contributed by atoms with Gasteiger partial charge in [0.05, 0.1) is 13.2 Å². The lowest BCUT2D eigenvalue weighted by molar-refractivity contribution is -0.137. The molecule has 0 aliphatic carbocycles. The summed E-state index contributed by atoms with van der Waals surface area (Å²) in [6.45, 7) is 3.84.